The van der Waals surface area contributed by atoms with Gasteiger partial charge in [0.2, 0.25) is 0 Å². The van der Waals surface area contributed by atoms with Gasteiger partial charge in [0.25, 0.3) is 5.91 Å². The molecule has 0 saturated carbocycles. The molecule has 0 saturated heterocycles. The van der Waals surface area contributed by atoms with Gasteiger partial charge in [-0.1, -0.05) is 0 Å². The molecule has 1 amide bonds. The number of hydrogen-bond acceptors (Lipinski definition) is 3. The average Bonchev–Trinajstić information content (AvgIpc) is 2.27. The Bertz CT molecular complexity index is 421. The summed E-state index contributed by atoms with van der Waals surface area (Å²) in [6.07, 6.45) is 0. The van der Waals surface area contributed by atoms with Gasteiger partial charge in [-0.15, -0.1) is 0 Å². The molecule has 86 valence electrons. The number of nitrogens with two attached hydrogens (primary N) is 1. The zero-order chi connectivity index (χ0) is 12.1. The predicted molar refractivity (Wildman–Crippen MR) is 66.8 cm³/mol. The van der Waals surface area contributed by atoms with Crippen LogP contribution in [0.25, 0.3) is 0 Å². The maximum absolute atomic E-state index is 11.4. The Morgan fingerprint density at radius 1 is 1.50 bits per heavy atom. The van der Waals surface area contributed by atoms with Crippen LogP contribution in [0.1, 0.15) is 10.4 Å². The summed E-state index contributed by atoms with van der Waals surface area (Å²) >= 11 is 4.73. The zero-order valence-electron chi connectivity index (χ0n) is 9.03. The van der Waals surface area contributed by atoms with E-state index in [1.165, 1.54) is 7.11 Å². The van der Waals surface area contributed by atoms with Gasteiger partial charge in [-0.2, -0.15) is 0 Å². The highest BCUT2D eigenvalue weighted by atomic mass is 32.1. The number of hydrogen-bond donors (Lipinski definition) is 3. The number of carbonyl (C=O) groups is 1. The number of thiocarbonyl (C=S) groups is 1. The maximum Gasteiger partial charge on any atom is 0.251 e. The number of nitrogens with one attached hydrogen (secondary N) is 2. The second-order valence-electron chi connectivity index (χ2n) is 2.98. The van der Waals surface area contributed by atoms with Crippen molar-refractivity contribution in [3.8, 4) is 5.75 Å². The number of methoxy groups -OCH3 is 1. The molecule has 0 fully saturated rings. The van der Waals surface area contributed by atoms with Gasteiger partial charge in [0.15, 0.2) is 5.11 Å². The first kappa shape index (κ1) is 12.3. The smallest absolute Gasteiger partial charge is 0.251 e. The molecular weight excluding hydrogens is 226 g/mol. The maximum atomic E-state index is 11.4. The van der Waals surface area contributed by atoms with E-state index in [-0.39, 0.29) is 11.0 Å². The Labute approximate surface area is 99.0 Å². The third-order valence-electron chi connectivity index (χ3n) is 1.95. The fraction of sp³-hybridized carbons (Fsp3) is 0.200. The third kappa shape index (κ3) is 2.83. The van der Waals surface area contributed by atoms with Crippen molar-refractivity contribution in [2.45, 2.75) is 0 Å². The first-order chi connectivity index (χ1) is 7.58. The SMILES string of the molecule is CNC(=O)c1ccc(OC)c(NC(N)=S)c1. The Hall–Kier alpha value is -1.82. The second kappa shape index (κ2) is 5.32. The normalized spacial score (nSPS) is 9.38. The van der Waals surface area contributed by atoms with Crippen LogP contribution >= 0.6 is 12.2 Å². The fourth-order valence-electron chi connectivity index (χ4n) is 1.22. The minimum absolute atomic E-state index is 0.118. The number of rotatable bonds is 3. The van der Waals surface area contributed by atoms with Crippen molar-refractivity contribution in [1.82, 2.24) is 5.32 Å². The third-order valence-corrected chi connectivity index (χ3v) is 2.05. The van der Waals surface area contributed by atoms with E-state index in [1.807, 2.05) is 0 Å². The first-order valence-corrected chi connectivity index (χ1v) is 4.96. The monoisotopic (exact) mass is 239 g/mol. The molecule has 1 rings (SSSR count). The summed E-state index contributed by atoms with van der Waals surface area (Å²) in [5.74, 6) is 0.383. The highest BCUT2D eigenvalue weighted by Gasteiger charge is 2.09. The van der Waals surface area contributed by atoms with E-state index < -0.39 is 0 Å². The fourth-order valence-corrected chi connectivity index (χ4v) is 1.33. The van der Waals surface area contributed by atoms with Gasteiger partial charge < -0.3 is 21.1 Å². The van der Waals surface area contributed by atoms with Gasteiger partial charge in [-0.25, -0.2) is 0 Å². The molecule has 0 aliphatic carbocycles. The number of benzene rings is 1. The number of ether oxygens (including phenoxy) is 1. The molecule has 1 aromatic rings. The second-order valence-corrected chi connectivity index (χ2v) is 3.42. The molecule has 16 heavy (non-hydrogen) atoms. The molecule has 0 aromatic heterocycles. The molecule has 0 aliphatic heterocycles. The number of carbonyl (C=O) groups excluding carboxylic acids is 1. The van der Waals surface area contributed by atoms with Crippen LogP contribution in [0.15, 0.2) is 18.2 Å². The molecule has 1 aromatic carbocycles. The van der Waals surface area contributed by atoms with Crippen molar-refractivity contribution in [2.75, 3.05) is 19.5 Å². The van der Waals surface area contributed by atoms with E-state index >= 15 is 0 Å². The van der Waals surface area contributed by atoms with Crippen LogP contribution in [-0.4, -0.2) is 25.2 Å². The summed E-state index contributed by atoms with van der Waals surface area (Å²) in [5, 5.41) is 5.39. The standard InChI is InChI=1S/C10H13N3O2S/c1-12-9(14)6-3-4-8(15-2)7(5-6)13-10(11)16/h3-5H,1-2H3,(H,12,14)(H3,11,13,16). The Balaban J connectivity index is 3.10. The first-order valence-electron chi connectivity index (χ1n) is 4.55. The summed E-state index contributed by atoms with van der Waals surface area (Å²) in [5.41, 5.74) is 6.44. The van der Waals surface area contributed by atoms with Crippen LogP contribution in [0.2, 0.25) is 0 Å². The Morgan fingerprint density at radius 3 is 2.69 bits per heavy atom. The largest absolute Gasteiger partial charge is 0.495 e. The summed E-state index contributed by atoms with van der Waals surface area (Å²) in [6, 6.07) is 4.95. The van der Waals surface area contributed by atoms with Crippen LogP contribution in [0.5, 0.6) is 5.75 Å². The van der Waals surface area contributed by atoms with E-state index in [0.29, 0.717) is 17.0 Å². The summed E-state index contributed by atoms with van der Waals surface area (Å²) in [4.78, 5) is 11.4. The number of amides is 1. The molecule has 0 bridgehead atoms. The molecule has 6 heteroatoms. The van der Waals surface area contributed by atoms with Gasteiger partial charge >= 0.3 is 0 Å². The minimum Gasteiger partial charge on any atom is -0.495 e. The van der Waals surface area contributed by atoms with Crippen molar-refractivity contribution in [1.29, 1.82) is 0 Å². The molecule has 0 radical (unpaired) electrons. The summed E-state index contributed by atoms with van der Waals surface area (Å²) in [6.45, 7) is 0. The van der Waals surface area contributed by atoms with Crippen LogP contribution in [0, 0.1) is 0 Å². The van der Waals surface area contributed by atoms with Gasteiger partial charge in [0.1, 0.15) is 5.75 Å². The van der Waals surface area contributed by atoms with Crippen molar-refractivity contribution >= 4 is 28.9 Å². The molecule has 0 atom stereocenters. The quantitative estimate of drug-likeness (QED) is 0.677. The van der Waals surface area contributed by atoms with Crippen LogP contribution in [-0.2, 0) is 0 Å². The van der Waals surface area contributed by atoms with Gasteiger partial charge in [0.05, 0.1) is 12.8 Å². The van der Waals surface area contributed by atoms with E-state index in [1.54, 1.807) is 25.2 Å². The number of anilines is 1. The van der Waals surface area contributed by atoms with E-state index in [4.69, 9.17) is 22.7 Å². The average molecular weight is 239 g/mol. The molecule has 0 spiro atoms. The molecule has 0 unspecified atom stereocenters. The Morgan fingerprint density at radius 2 is 2.19 bits per heavy atom. The summed E-state index contributed by atoms with van der Waals surface area (Å²) in [7, 11) is 3.09. The molecular formula is C10H13N3O2S. The van der Waals surface area contributed by atoms with E-state index in [9.17, 15) is 4.79 Å². The topological polar surface area (TPSA) is 76.4 Å². The van der Waals surface area contributed by atoms with Gasteiger partial charge in [0, 0.05) is 12.6 Å². The molecule has 0 heterocycles. The van der Waals surface area contributed by atoms with Gasteiger partial charge in [-0.3, -0.25) is 4.79 Å². The van der Waals surface area contributed by atoms with Crippen LogP contribution < -0.4 is 21.1 Å². The summed E-state index contributed by atoms with van der Waals surface area (Å²) < 4.78 is 5.11. The predicted octanol–water partition coefficient (Wildman–Crippen LogP) is 0.710. The van der Waals surface area contributed by atoms with Crippen molar-refractivity contribution in [3.05, 3.63) is 23.8 Å². The highest BCUT2D eigenvalue weighted by molar-refractivity contribution is 7.80. The van der Waals surface area contributed by atoms with Gasteiger partial charge in [-0.05, 0) is 30.4 Å². The van der Waals surface area contributed by atoms with Crippen LogP contribution in [0.4, 0.5) is 5.69 Å². The lowest BCUT2D eigenvalue weighted by atomic mass is 10.1. The lowest BCUT2D eigenvalue weighted by molar-refractivity contribution is 0.0963. The van der Waals surface area contributed by atoms with E-state index in [0.717, 1.165) is 0 Å². The minimum atomic E-state index is -0.186. The van der Waals surface area contributed by atoms with Crippen molar-refractivity contribution < 1.29 is 9.53 Å². The van der Waals surface area contributed by atoms with Crippen molar-refractivity contribution in [3.63, 3.8) is 0 Å². The lowest BCUT2D eigenvalue weighted by Gasteiger charge is -2.11. The zero-order valence-corrected chi connectivity index (χ0v) is 9.85. The Kier molecular flexibility index (Phi) is 4.07. The van der Waals surface area contributed by atoms with Crippen molar-refractivity contribution in [2.24, 2.45) is 5.73 Å². The van der Waals surface area contributed by atoms with Crippen LogP contribution in [0.3, 0.4) is 0 Å². The lowest BCUT2D eigenvalue weighted by Crippen LogP contribution is -2.21. The highest BCUT2D eigenvalue weighted by Crippen LogP contribution is 2.25. The molecule has 5 nitrogen and oxygen atoms in total. The molecule has 0 aliphatic rings. The van der Waals surface area contributed by atoms with E-state index in [2.05, 4.69) is 10.6 Å². The molecule has 4 N–H and O–H groups in total.